The lowest BCUT2D eigenvalue weighted by Crippen LogP contribution is -2.33. The molecule has 0 radical (unpaired) electrons. The van der Waals surface area contributed by atoms with Crippen LogP contribution in [0.15, 0.2) is 18.2 Å². The molecule has 0 fully saturated rings. The second-order valence-electron chi connectivity index (χ2n) is 4.84. The van der Waals surface area contributed by atoms with Crippen LogP contribution in [-0.2, 0) is 11.2 Å². The van der Waals surface area contributed by atoms with Crippen molar-refractivity contribution >= 4 is 5.91 Å². The van der Waals surface area contributed by atoms with Crippen LogP contribution in [0.3, 0.4) is 0 Å². The second-order valence-corrected chi connectivity index (χ2v) is 4.84. The van der Waals surface area contributed by atoms with Crippen molar-refractivity contribution in [3.63, 3.8) is 0 Å². The Morgan fingerprint density at radius 3 is 2.67 bits per heavy atom. The number of nitrogens with one attached hydrogen (secondary N) is 1. The molecule has 0 aromatic heterocycles. The van der Waals surface area contributed by atoms with E-state index in [0.29, 0.717) is 13.0 Å². The lowest BCUT2D eigenvalue weighted by atomic mass is 10.0. The predicted molar refractivity (Wildman–Crippen MR) is 73.5 cm³/mol. The SMILES string of the molecule is CCCC(O)CNC(=O)Cc1ccc(C)c(C)c1. The summed E-state index contributed by atoms with van der Waals surface area (Å²) in [6, 6.07) is 6.05. The standard InChI is InChI=1S/C15H23NO2/c1-4-5-14(17)10-16-15(18)9-13-7-6-11(2)12(3)8-13/h6-8,14,17H,4-5,9-10H2,1-3H3,(H,16,18). The van der Waals surface area contributed by atoms with E-state index in [0.717, 1.165) is 18.4 Å². The zero-order valence-corrected chi connectivity index (χ0v) is 11.5. The fourth-order valence-electron chi connectivity index (χ4n) is 1.83. The van der Waals surface area contributed by atoms with Crippen molar-refractivity contribution in [3.8, 4) is 0 Å². The molecule has 0 saturated heterocycles. The number of amides is 1. The highest BCUT2D eigenvalue weighted by atomic mass is 16.3. The molecule has 1 aromatic carbocycles. The first-order valence-electron chi connectivity index (χ1n) is 6.53. The normalized spacial score (nSPS) is 12.2. The van der Waals surface area contributed by atoms with Gasteiger partial charge in [0.05, 0.1) is 12.5 Å². The Morgan fingerprint density at radius 1 is 1.33 bits per heavy atom. The third-order valence-electron chi connectivity index (χ3n) is 3.09. The third-order valence-corrected chi connectivity index (χ3v) is 3.09. The fourth-order valence-corrected chi connectivity index (χ4v) is 1.83. The smallest absolute Gasteiger partial charge is 0.224 e. The van der Waals surface area contributed by atoms with E-state index >= 15 is 0 Å². The van der Waals surface area contributed by atoms with Gasteiger partial charge in [0.15, 0.2) is 0 Å². The molecule has 3 nitrogen and oxygen atoms in total. The number of aryl methyl sites for hydroxylation is 2. The van der Waals surface area contributed by atoms with Gasteiger partial charge < -0.3 is 10.4 Å². The number of carbonyl (C=O) groups is 1. The zero-order chi connectivity index (χ0) is 13.5. The van der Waals surface area contributed by atoms with Gasteiger partial charge in [0, 0.05) is 6.54 Å². The molecule has 0 aliphatic rings. The molecule has 0 bridgehead atoms. The second kappa shape index (κ2) is 7.17. The van der Waals surface area contributed by atoms with Crippen molar-refractivity contribution in [3.05, 3.63) is 34.9 Å². The molecule has 1 rings (SSSR count). The van der Waals surface area contributed by atoms with Gasteiger partial charge in [-0.15, -0.1) is 0 Å². The van der Waals surface area contributed by atoms with Gasteiger partial charge >= 0.3 is 0 Å². The molecule has 0 aliphatic carbocycles. The molecule has 1 unspecified atom stereocenters. The molecule has 1 amide bonds. The molecule has 1 aromatic rings. The topological polar surface area (TPSA) is 49.3 Å². The number of hydrogen-bond donors (Lipinski definition) is 2. The summed E-state index contributed by atoms with van der Waals surface area (Å²) < 4.78 is 0. The average molecular weight is 249 g/mol. The first-order valence-corrected chi connectivity index (χ1v) is 6.53. The fraction of sp³-hybridized carbons (Fsp3) is 0.533. The Labute approximate surface area is 109 Å². The number of benzene rings is 1. The maximum Gasteiger partial charge on any atom is 0.224 e. The van der Waals surface area contributed by atoms with Crippen LogP contribution in [0.25, 0.3) is 0 Å². The molecule has 1 atom stereocenters. The maximum atomic E-state index is 11.7. The van der Waals surface area contributed by atoms with Gasteiger partial charge in [0.2, 0.25) is 5.91 Å². The minimum atomic E-state index is -0.432. The zero-order valence-electron chi connectivity index (χ0n) is 11.5. The van der Waals surface area contributed by atoms with Crippen molar-refractivity contribution in [2.24, 2.45) is 0 Å². The molecule has 2 N–H and O–H groups in total. The monoisotopic (exact) mass is 249 g/mol. The van der Waals surface area contributed by atoms with Gasteiger partial charge in [-0.25, -0.2) is 0 Å². The van der Waals surface area contributed by atoms with E-state index < -0.39 is 6.10 Å². The summed E-state index contributed by atoms with van der Waals surface area (Å²) in [5.74, 6) is -0.0339. The van der Waals surface area contributed by atoms with E-state index in [-0.39, 0.29) is 5.91 Å². The quantitative estimate of drug-likeness (QED) is 0.811. The molecule has 0 aliphatic heterocycles. The van der Waals surface area contributed by atoms with Crippen LogP contribution in [0.2, 0.25) is 0 Å². The van der Waals surface area contributed by atoms with E-state index in [1.54, 1.807) is 0 Å². The van der Waals surface area contributed by atoms with Crippen molar-refractivity contribution in [1.82, 2.24) is 5.32 Å². The first kappa shape index (κ1) is 14.7. The minimum absolute atomic E-state index is 0.0339. The Kier molecular flexibility index (Phi) is 5.86. The number of rotatable bonds is 6. The Morgan fingerprint density at radius 2 is 2.06 bits per heavy atom. The van der Waals surface area contributed by atoms with Crippen molar-refractivity contribution in [2.45, 2.75) is 46.1 Å². The Bertz CT molecular complexity index is 401. The highest BCUT2D eigenvalue weighted by Crippen LogP contribution is 2.10. The van der Waals surface area contributed by atoms with Crippen LogP contribution in [-0.4, -0.2) is 23.7 Å². The number of aliphatic hydroxyl groups is 1. The van der Waals surface area contributed by atoms with Crippen LogP contribution >= 0.6 is 0 Å². The lowest BCUT2D eigenvalue weighted by molar-refractivity contribution is -0.120. The summed E-state index contributed by atoms with van der Waals surface area (Å²) in [5.41, 5.74) is 3.45. The summed E-state index contributed by atoms with van der Waals surface area (Å²) in [6.45, 7) is 6.46. The van der Waals surface area contributed by atoms with Crippen LogP contribution < -0.4 is 5.32 Å². The molecule has 0 heterocycles. The van der Waals surface area contributed by atoms with E-state index in [1.807, 2.05) is 32.0 Å². The van der Waals surface area contributed by atoms with E-state index in [1.165, 1.54) is 11.1 Å². The molecule has 18 heavy (non-hydrogen) atoms. The Balaban J connectivity index is 2.42. The number of hydrogen-bond acceptors (Lipinski definition) is 2. The van der Waals surface area contributed by atoms with Crippen molar-refractivity contribution in [2.75, 3.05) is 6.54 Å². The molecular formula is C15H23NO2. The van der Waals surface area contributed by atoms with Crippen LogP contribution in [0.1, 0.15) is 36.5 Å². The van der Waals surface area contributed by atoms with Gasteiger partial charge in [-0.2, -0.15) is 0 Å². The van der Waals surface area contributed by atoms with Crippen LogP contribution in [0, 0.1) is 13.8 Å². The van der Waals surface area contributed by atoms with E-state index in [9.17, 15) is 9.90 Å². The largest absolute Gasteiger partial charge is 0.391 e. The summed E-state index contributed by atoms with van der Waals surface area (Å²) in [6.07, 6.45) is 1.59. The highest BCUT2D eigenvalue weighted by Gasteiger charge is 2.07. The van der Waals surface area contributed by atoms with Gasteiger partial charge in [-0.05, 0) is 37.0 Å². The van der Waals surface area contributed by atoms with Crippen LogP contribution in [0.4, 0.5) is 0 Å². The van der Waals surface area contributed by atoms with Gasteiger partial charge in [-0.3, -0.25) is 4.79 Å². The molecule has 0 spiro atoms. The predicted octanol–water partition coefficient (Wildman–Crippen LogP) is 2.12. The molecule has 3 heteroatoms. The molecule has 0 saturated carbocycles. The summed E-state index contributed by atoms with van der Waals surface area (Å²) in [4.78, 5) is 11.7. The molecule has 100 valence electrons. The summed E-state index contributed by atoms with van der Waals surface area (Å²) in [7, 11) is 0. The Hall–Kier alpha value is -1.35. The minimum Gasteiger partial charge on any atom is -0.391 e. The summed E-state index contributed by atoms with van der Waals surface area (Å²) >= 11 is 0. The van der Waals surface area contributed by atoms with Gasteiger partial charge in [0.25, 0.3) is 0 Å². The van der Waals surface area contributed by atoms with E-state index in [4.69, 9.17) is 0 Å². The van der Waals surface area contributed by atoms with Crippen molar-refractivity contribution < 1.29 is 9.90 Å². The van der Waals surface area contributed by atoms with E-state index in [2.05, 4.69) is 12.2 Å². The van der Waals surface area contributed by atoms with Crippen molar-refractivity contribution in [1.29, 1.82) is 0 Å². The average Bonchev–Trinajstić information content (AvgIpc) is 2.32. The summed E-state index contributed by atoms with van der Waals surface area (Å²) in [5, 5.41) is 12.3. The lowest BCUT2D eigenvalue weighted by Gasteiger charge is -2.11. The van der Waals surface area contributed by atoms with Crippen LogP contribution in [0.5, 0.6) is 0 Å². The maximum absolute atomic E-state index is 11.7. The third kappa shape index (κ3) is 4.88. The van der Waals surface area contributed by atoms with Gasteiger partial charge in [0.1, 0.15) is 0 Å². The first-order chi connectivity index (χ1) is 8.52. The molecular weight excluding hydrogens is 226 g/mol. The van der Waals surface area contributed by atoms with Gasteiger partial charge in [-0.1, -0.05) is 31.5 Å². The highest BCUT2D eigenvalue weighted by molar-refractivity contribution is 5.78. The number of carbonyl (C=O) groups excluding carboxylic acids is 1. The number of aliphatic hydroxyl groups excluding tert-OH is 1.